The first-order chi connectivity index (χ1) is 6.11. The van der Waals surface area contributed by atoms with Crippen LogP contribution >= 0.6 is 0 Å². The van der Waals surface area contributed by atoms with Crippen molar-refractivity contribution in [1.29, 1.82) is 0 Å². The molecular formula is C10H21NO2. The van der Waals surface area contributed by atoms with Gasteiger partial charge in [0.2, 0.25) is 0 Å². The molecule has 0 aromatic carbocycles. The summed E-state index contributed by atoms with van der Waals surface area (Å²) >= 11 is 0. The first-order valence-corrected chi connectivity index (χ1v) is 5.13. The van der Waals surface area contributed by atoms with E-state index in [9.17, 15) is 5.11 Å². The minimum atomic E-state index is -0.172. The zero-order valence-corrected chi connectivity index (χ0v) is 8.61. The van der Waals surface area contributed by atoms with E-state index in [1.165, 1.54) is 0 Å². The number of hydrogen-bond acceptors (Lipinski definition) is 3. The Balaban J connectivity index is 2.32. The standard InChI is InChI=1S/C10H21NO2/c1-8-3-10(13)6-11(4-8)5-9(2)7-12/h8-10,12-13H,3-7H2,1-2H3. The summed E-state index contributed by atoms with van der Waals surface area (Å²) in [4.78, 5) is 2.25. The van der Waals surface area contributed by atoms with E-state index in [-0.39, 0.29) is 12.7 Å². The molecule has 1 rings (SSSR count). The minimum absolute atomic E-state index is 0.172. The maximum Gasteiger partial charge on any atom is 0.0670 e. The Morgan fingerprint density at radius 3 is 2.69 bits per heavy atom. The van der Waals surface area contributed by atoms with Gasteiger partial charge in [0, 0.05) is 26.2 Å². The van der Waals surface area contributed by atoms with Gasteiger partial charge in [0.05, 0.1) is 6.10 Å². The third kappa shape index (κ3) is 3.63. The lowest BCUT2D eigenvalue weighted by molar-refractivity contribution is 0.0331. The summed E-state index contributed by atoms with van der Waals surface area (Å²) in [6.45, 7) is 7.17. The molecular weight excluding hydrogens is 166 g/mol. The predicted octanol–water partition coefficient (Wildman–Crippen LogP) is 0.317. The molecule has 2 N–H and O–H groups in total. The van der Waals surface area contributed by atoms with Crippen LogP contribution in [0.3, 0.4) is 0 Å². The molecule has 1 aliphatic heterocycles. The van der Waals surface area contributed by atoms with Crippen LogP contribution in [0.15, 0.2) is 0 Å². The molecule has 0 aliphatic carbocycles. The third-order valence-corrected chi connectivity index (χ3v) is 2.59. The van der Waals surface area contributed by atoms with Crippen LogP contribution in [-0.2, 0) is 0 Å². The molecule has 0 spiro atoms. The van der Waals surface area contributed by atoms with Gasteiger partial charge >= 0.3 is 0 Å². The molecule has 0 saturated carbocycles. The van der Waals surface area contributed by atoms with Crippen molar-refractivity contribution in [3.05, 3.63) is 0 Å². The Morgan fingerprint density at radius 1 is 1.46 bits per heavy atom. The van der Waals surface area contributed by atoms with Crippen molar-refractivity contribution in [1.82, 2.24) is 4.90 Å². The van der Waals surface area contributed by atoms with E-state index in [2.05, 4.69) is 11.8 Å². The Hall–Kier alpha value is -0.120. The van der Waals surface area contributed by atoms with Crippen molar-refractivity contribution in [2.24, 2.45) is 11.8 Å². The van der Waals surface area contributed by atoms with E-state index in [1.807, 2.05) is 6.92 Å². The topological polar surface area (TPSA) is 43.7 Å². The van der Waals surface area contributed by atoms with Crippen molar-refractivity contribution < 1.29 is 10.2 Å². The molecule has 1 fully saturated rings. The normalized spacial score (nSPS) is 33.2. The molecule has 0 aromatic heterocycles. The van der Waals surface area contributed by atoms with Crippen molar-refractivity contribution >= 4 is 0 Å². The number of piperidine rings is 1. The third-order valence-electron chi connectivity index (χ3n) is 2.59. The molecule has 3 atom stereocenters. The number of likely N-dealkylation sites (tertiary alicyclic amines) is 1. The summed E-state index contributed by atoms with van der Waals surface area (Å²) in [5.41, 5.74) is 0. The monoisotopic (exact) mass is 187 g/mol. The first-order valence-electron chi connectivity index (χ1n) is 5.13. The molecule has 1 aliphatic rings. The van der Waals surface area contributed by atoms with Gasteiger partial charge in [-0.2, -0.15) is 0 Å². The fourth-order valence-corrected chi connectivity index (χ4v) is 2.07. The van der Waals surface area contributed by atoms with E-state index in [0.717, 1.165) is 26.1 Å². The quantitative estimate of drug-likeness (QED) is 0.668. The van der Waals surface area contributed by atoms with Crippen LogP contribution < -0.4 is 0 Å². The van der Waals surface area contributed by atoms with E-state index in [0.29, 0.717) is 11.8 Å². The number of rotatable bonds is 3. The lowest BCUT2D eigenvalue weighted by Crippen LogP contribution is -2.44. The lowest BCUT2D eigenvalue weighted by atomic mass is 9.97. The van der Waals surface area contributed by atoms with Crippen molar-refractivity contribution in [2.75, 3.05) is 26.2 Å². The highest BCUT2D eigenvalue weighted by molar-refractivity contribution is 4.77. The first kappa shape index (κ1) is 11.0. The average Bonchev–Trinajstić information content (AvgIpc) is 2.02. The molecule has 0 radical (unpaired) electrons. The van der Waals surface area contributed by atoms with E-state index >= 15 is 0 Å². The van der Waals surface area contributed by atoms with Gasteiger partial charge in [-0.3, -0.25) is 0 Å². The number of β-amino-alcohol motifs (C(OH)–C–C–N with tert-alkyl or cyclic N) is 1. The number of aliphatic hydroxyl groups is 2. The second kappa shape index (κ2) is 4.94. The Labute approximate surface area is 80.4 Å². The van der Waals surface area contributed by atoms with Gasteiger partial charge in [0.1, 0.15) is 0 Å². The van der Waals surface area contributed by atoms with Gasteiger partial charge < -0.3 is 15.1 Å². The number of nitrogens with zero attached hydrogens (tertiary/aromatic N) is 1. The fraction of sp³-hybridized carbons (Fsp3) is 1.00. The van der Waals surface area contributed by atoms with Crippen molar-refractivity contribution in [3.63, 3.8) is 0 Å². The van der Waals surface area contributed by atoms with Gasteiger partial charge in [-0.05, 0) is 18.3 Å². The molecule has 3 heteroatoms. The van der Waals surface area contributed by atoms with Gasteiger partial charge in [0.25, 0.3) is 0 Å². The summed E-state index contributed by atoms with van der Waals surface area (Å²) in [6.07, 6.45) is 0.749. The second-order valence-electron chi connectivity index (χ2n) is 4.50. The highest BCUT2D eigenvalue weighted by Crippen LogP contribution is 2.16. The number of aliphatic hydroxyl groups excluding tert-OH is 2. The van der Waals surface area contributed by atoms with E-state index in [1.54, 1.807) is 0 Å². The molecule has 0 amide bonds. The predicted molar refractivity (Wildman–Crippen MR) is 52.5 cm³/mol. The van der Waals surface area contributed by atoms with Gasteiger partial charge in [-0.25, -0.2) is 0 Å². The van der Waals surface area contributed by atoms with Crippen LogP contribution in [0, 0.1) is 11.8 Å². The SMILES string of the molecule is CC(CO)CN1CC(C)CC(O)C1. The Kier molecular flexibility index (Phi) is 4.16. The van der Waals surface area contributed by atoms with E-state index < -0.39 is 0 Å². The Morgan fingerprint density at radius 2 is 2.15 bits per heavy atom. The summed E-state index contributed by atoms with van der Waals surface area (Å²) in [7, 11) is 0. The maximum atomic E-state index is 9.53. The smallest absolute Gasteiger partial charge is 0.0670 e. The van der Waals surface area contributed by atoms with Crippen LogP contribution in [0.4, 0.5) is 0 Å². The fourth-order valence-electron chi connectivity index (χ4n) is 2.07. The number of hydrogen-bond donors (Lipinski definition) is 2. The molecule has 78 valence electrons. The van der Waals surface area contributed by atoms with Crippen LogP contribution in [0.25, 0.3) is 0 Å². The van der Waals surface area contributed by atoms with Crippen LogP contribution in [0.1, 0.15) is 20.3 Å². The molecule has 3 nitrogen and oxygen atoms in total. The minimum Gasteiger partial charge on any atom is -0.396 e. The van der Waals surface area contributed by atoms with Crippen LogP contribution in [0.2, 0.25) is 0 Å². The summed E-state index contributed by atoms with van der Waals surface area (Å²) < 4.78 is 0. The molecule has 1 heterocycles. The molecule has 0 aromatic rings. The molecule has 3 unspecified atom stereocenters. The van der Waals surface area contributed by atoms with Crippen molar-refractivity contribution in [3.8, 4) is 0 Å². The highest BCUT2D eigenvalue weighted by atomic mass is 16.3. The lowest BCUT2D eigenvalue weighted by Gasteiger charge is -2.35. The second-order valence-corrected chi connectivity index (χ2v) is 4.50. The largest absolute Gasteiger partial charge is 0.396 e. The average molecular weight is 187 g/mol. The molecule has 13 heavy (non-hydrogen) atoms. The van der Waals surface area contributed by atoms with Gasteiger partial charge in [-0.15, -0.1) is 0 Å². The van der Waals surface area contributed by atoms with Gasteiger partial charge in [0.15, 0.2) is 0 Å². The zero-order chi connectivity index (χ0) is 9.84. The zero-order valence-electron chi connectivity index (χ0n) is 8.61. The van der Waals surface area contributed by atoms with Crippen LogP contribution in [-0.4, -0.2) is 47.5 Å². The highest BCUT2D eigenvalue weighted by Gasteiger charge is 2.23. The Bertz CT molecular complexity index is 142. The summed E-state index contributed by atoms with van der Waals surface area (Å²) in [5.74, 6) is 0.896. The molecule has 1 saturated heterocycles. The van der Waals surface area contributed by atoms with E-state index in [4.69, 9.17) is 5.11 Å². The summed E-state index contributed by atoms with van der Waals surface area (Å²) in [6, 6.07) is 0. The summed E-state index contributed by atoms with van der Waals surface area (Å²) in [5, 5.41) is 18.4. The van der Waals surface area contributed by atoms with Crippen molar-refractivity contribution in [2.45, 2.75) is 26.4 Å². The van der Waals surface area contributed by atoms with Gasteiger partial charge in [-0.1, -0.05) is 13.8 Å². The van der Waals surface area contributed by atoms with Crippen LogP contribution in [0.5, 0.6) is 0 Å². The molecule has 0 bridgehead atoms. The maximum absolute atomic E-state index is 9.53.